The molecular weight excluding hydrogens is 477 g/mol. The predicted molar refractivity (Wildman–Crippen MR) is 112 cm³/mol. The first-order chi connectivity index (χ1) is 14.7. The molecule has 0 spiro atoms. The molecule has 0 heterocycles. The van der Waals surface area contributed by atoms with Crippen molar-refractivity contribution in [2.75, 3.05) is 11.9 Å². The molecule has 160 valence electrons. The van der Waals surface area contributed by atoms with Gasteiger partial charge in [-0.05, 0) is 52.7 Å². The fourth-order valence-corrected chi connectivity index (χ4v) is 2.95. The molecule has 0 aliphatic heterocycles. The lowest BCUT2D eigenvalue weighted by atomic mass is 10.1. The van der Waals surface area contributed by atoms with E-state index < -0.39 is 39.6 Å². The van der Waals surface area contributed by atoms with Crippen LogP contribution in [0, 0.1) is 27.3 Å². The summed E-state index contributed by atoms with van der Waals surface area (Å²) in [5.74, 6) is -2.11. The number of nitrogens with one attached hydrogen (secondary N) is 1. The number of amides is 1. The standard InChI is InChI=1S/C20H15BrFN3O6/c1-3-30-18-8-12(7-15(21)19(18)31-11(2)26)6-13(10-23)20(27)24-17-9-14(25(28)29)4-5-16(17)22/h4-9H,3H2,1-2H3,(H,24,27)/b13-6-. The number of nitro benzene ring substituents is 1. The zero-order chi connectivity index (χ0) is 23.1. The van der Waals surface area contributed by atoms with E-state index in [0.29, 0.717) is 10.0 Å². The van der Waals surface area contributed by atoms with Crippen LogP contribution in [-0.2, 0) is 9.59 Å². The third-order valence-corrected chi connectivity index (χ3v) is 4.25. The van der Waals surface area contributed by atoms with Gasteiger partial charge in [0.05, 0.1) is 21.7 Å². The van der Waals surface area contributed by atoms with Gasteiger partial charge in [0.15, 0.2) is 11.5 Å². The Morgan fingerprint density at radius 3 is 2.65 bits per heavy atom. The van der Waals surface area contributed by atoms with E-state index in [2.05, 4.69) is 21.2 Å². The minimum absolute atomic E-state index is 0.133. The highest BCUT2D eigenvalue weighted by molar-refractivity contribution is 9.10. The molecule has 9 nitrogen and oxygen atoms in total. The van der Waals surface area contributed by atoms with Crippen LogP contribution in [0.2, 0.25) is 0 Å². The van der Waals surface area contributed by atoms with Crippen LogP contribution in [0.25, 0.3) is 6.08 Å². The SMILES string of the molecule is CCOc1cc(/C=C(/C#N)C(=O)Nc2cc([N+](=O)[O-])ccc2F)cc(Br)c1OC(C)=O. The summed E-state index contributed by atoms with van der Waals surface area (Å²) in [6.45, 7) is 3.20. The van der Waals surface area contributed by atoms with Crippen molar-refractivity contribution < 1.29 is 28.4 Å². The first-order valence-corrected chi connectivity index (χ1v) is 9.47. The molecule has 0 fully saturated rings. The lowest BCUT2D eigenvalue weighted by Gasteiger charge is -2.13. The maximum Gasteiger partial charge on any atom is 0.308 e. The number of ether oxygens (including phenoxy) is 2. The van der Waals surface area contributed by atoms with Crippen LogP contribution in [0.15, 0.2) is 40.4 Å². The van der Waals surface area contributed by atoms with E-state index in [4.69, 9.17) is 9.47 Å². The van der Waals surface area contributed by atoms with Gasteiger partial charge in [-0.1, -0.05) is 0 Å². The van der Waals surface area contributed by atoms with Gasteiger partial charge < -0.3 is 14.8 Å². The molecule has 0 aliphatic carbocycles. The average molecular weight is 492 g/mol. The first kappa shape index (κ1) is 23.5. The molecule has 2 rings (SSSR count). The van der Waals surface area contributed by atoms with Crippen LogP contribution in [0.1, 0.15) is 19.4 Å². The van der Waals surface area contributed by atoms with Crippen molar-refractivity contribution in [2.24, 2.45) is 0 Å². The second kappa shape index (κ2) is 10.3. The monoisotopic (exact) mass is 491 g/mol. The lowest BCUT2D eigenvalue weighted by molar-refractivity contribution is -0.384. The number of nitriles is 1. The summed E-state index contributed by atoms with van der Waals surface area (Å²) in [6.07, 6.45) is 1.20. The van der Waals surface area contributed by atoms with Crippen LogP contribution in [0.5, 0.6) is 11.5 Å². The summed E-state index contributed by atoms with van der Waals surface area (Å²) in [5, 5.41) is 22.4. The van der Waals surface area contributed by atoms with E-state index in [9.17, 15) is 29.4 Å². The maximum absolute atomic E-state index is 13.9. The number of carbonyl (C=O) groups excluding carboxylic acids is 2. The average Bonchev–Trinajstić information content (AvgIpc) is 2.70. The van der Waals surface area contributed by atoms with Crippen molar-refractivity contribution >= 4 is 45.3 Å². The normalized spacial score (nSPS) is 10.7. The summed E-state index contributed by atoms with van der Waals surface area (Å²) in [5.41, 5.74) is -0.926. The molecule has 1 amide bonds. The third-order valence-electron chi connectivity index (χ3n) is 3.66. The number of non-ortho nitro benzene ring substituents is 1. The minimum Gasteiger partial charge on any atom is -0.490 e. The lowest BCUT2D eigenvalue weighted by Crippen LogP contribution is -2.14. The zero-order valence-corrected chi connectivity index (χ0v) is 17.9. The molecule has 0 aromatic heterocycles. The van der Waals surface area contributed by atoms with Gasteiger partial charge >= 0.3 is 5.97 Å². The Kier molecular flexibility index (Phi) is 7.81. The molecule has 0 bridgehead atoms. The number of rotatable bonds is 7. The van der Waals surface area contributed by atoms with Gasteiger partial charge in [0.2, 0.25) is 0 Å². The first-order valence-electron chi connectivity index (χ1n) is 8.68. The fraction of sp³-hybridized carbons (Fsp3) is 0.150. The molecule has 11 heteroatoms. The van der Waals surface area contributed by atoms with Crippen molar-refractivity contribution in [3.63, 3.8) is 0 Å². The Morgan fingerprint density at radius 2 is 2.06 bits per heavy atom. The summed E-state index contributed by atoms with van der Waals surface area (Å²) >= 11 is 3.25. The predicted octanol–water partition coefficient (Wildman–Crippen LogP) is 4.37. The summed E-state index contributed by atoms with van der Waals surface area (Å²) in [4.78, 5) is 33.9. The van der Waals surface area contributed by atoms with Crippen molar-refractivity contribution in [1.82, 2.24) is 0 Å². The molecule has 2 aromatic carbocycles. The second-order valence-electron chi connectivity index (χ2n) is 5.90. The van der Waals surface area contributed by atoms with Crippen LogP contribution in [0.3, 0.4) is 0 Å². The highest BCUT2D eigenvalue weighted by Gasteiger charge is 2.18. The van der Waals surface area contributed by atoms with Gasteiger partial charge in [0.1, 0.15) is 17.5 Å². The number of halogens is 2. The highest BCUT2D eigenvalue weighted by Crippen LogP contribution is 2.37. The number of carbonyl (C=O) groups is 2. The number of benzene rings is 2. The summed E-state index contributed by atoms with van der Waals surface area (Å²) in [7, 11) is 0. The Labute approximate surface area is 184 Å². The number of nitrogens with zero attached hydrogens (tertiary/aromatic N) is 2. The number of anilines is 1. The van der Waals surface area contributed by atoms with Gasteiger partial charge in [0, 0.05) is 19.1 Å². The quantitative estimate of drug-likeness (QED) is 0.152. The smallest absolute Gasteiger partial charge is 0.308 e. The highest BCUT2D eigenvalue weighted by atomic mass is 79.9. The van der Waals surface area contributed by atoms with Crippen LogP contribution in [-0.4, -0.2) is 23.4 Å². The molecule has 31 heavy (non-hydrogen) atoms. The Morgan fingerprint density at radius 1 is 1.35 bits per heavy atom. The largest absolute Gasteiger partial charge is 0.490 e. The van der Waals surface area contributed by atoms with Gasteiger partial charge in [0.25, 0.3) is 11.6 Å². The van der Waals surface area contributed by atoms with Crippen molar-refractivity contribution in [3.8, 4) is 17.6 Å². The Bertz CT molecular complexity index is 1130. The van der Waals surface area contributed by atoms with Crippen molar-refractivity contribution in [3.05, 3.63) is 61.9 Å². The van der Waals surface area contributed by atoms with E-state index in [-0.39, 0.29) is 18.1 Å². The van der Waals surface area contributed by atoms with Crippen molar-refractivity contribution in [2.45, 2.75) is 13.8 Å². The van der Waals surface area contributed by atoms with E-state index in [1.165, 1.54) is 25.1 Å². The van der Waals surface area contributed by atoms with Gasteiger partial charge in [-0.25, -0.2) is 4.39 Å². The molecule has 0 unspecified atom stereocenters. The topological polar surface area (TPSA) is 132 Å². The molecule has 0 saturated heterocycles. The third kappa shape index (κ3) is 6.10. The number of hydrogen-bond acceptors (Lipinski definition) is 7. The number of hydrogen-bond donors (Lipinski definition) is 1. The minimum atomic E-state index is -0.972. The van der Waals surface area contributed by atoms with Crippen LogP contribution in [0.4, 0.5) is 15.8 Å². The molecule has 0 atom stereocenters. The molecule has 1 N–H and O–H groups in total. The van der Waals surface area contributed by atoms with E-state index in [1.54, 1.807) is 13.0 Å². The summed E-state index contributed by atoms with van der Waals surface area (Å²) in [6, 6.07) is 7.26. The molecule has 0 saturated carbocycles. The number of nitro groups is 1. The molecular formula is C20H15BrFN3O6. The molecule has 0 aliphatic rings. The second-order valence-corrected chi connectivity index (χ2v) is 6.76. The van der Waals surface area contributed by atoms with Gasteiger partial charge in [-0.2, -0.15) is 5.26 Å². The van der Waals surface area contributed by atoms with Gasteiger partial charge in [-0.3, -0.25) is 19.7 Å². The van der Waals surface area contributed by atoms with Crippen molar-refractivity contribution in [1.29, 1.82) is 5.26 Å². The maximum atomic E-state index is 13.9. The number of esters is 1. The zero-order valence-electron chi connectivity index (χ0n) is 16.3. The fourth-order valence-electron chi connectivity index (χ4n) is 2.40. The van der Waals surface area contributed by atoms with Gasteiger partial charge in [-0.15, -0.1) is 0 Å². The summed E-state index contributed by atoms with van der Waals surface area (Å²) < 4.78 is 24.8. The van der Waals surface area contributed by atoms with E-state index in [1.807, 2.05) is 0 Å². The van der Waals surface area contributed by atoms with E-state index in [0.717, 1.165) is 18.2 Å². The molecule has 0 radical (unpaired) electrons. The molecule has 2 aromatic rings. The Balaban J connectivity index is 2.40. The van der Waals surface area contributed by atoms with Crippen LogP contribution < -0.4 is 14.8 Å². The Hall–Kier alpha value is -3.78. The van der Waals surface area contributed by atoms with Crippen LogP contribution >= 0.6 is 15.9 Å². The van der Waals surface area contributed by atoms with E-state index >= 15 is 0 Å².